The van der Waals surface area contributed by atoms with E-state index in [0.717, 1.165) is 55.3 Å². The van der Waals surface area contributed by atoms with Crippen molar-refractivity contribution in [3.8, 4) is 6.07 Å². The van der Waals surface area contributed by atoms with Gasteiger partial charge in [-0.25, -0.2) is 4.98 Å². The van der Waals surface area contributed by atoms with Crippen molar-refractivity contribution in [2.24, 2.45) is 0 Å². The van der Waals surface area contributed by atoms with E-state index in [1.54, 1.807) is 12.1 Å². The minimum absolute atomic E-state index is 0.0236. The molecule has 3 rings (SSSR count). The molecule has 2 aromatic rings. The molecule has 0 amide bonds. The van der Waals surface area contributed by atoms with Crippen molar-refractivity contribution >= 4 is 40.1 Å². The zero-order chi connectivity index (χ0) is 25.0. The van der Waals surface area contributed by atoms with Crippen LogP contribution in [-0.2, 0) is 44.5 Å². The highest BCUT2D eigenvalue weighted by Crippen LogP contribution is 2.27. The molecule has 0 aliphatic heterocycles. The summed E-state index contributed by atoms with van der Waals surface area (Å²) in [5.41, 5.74) is 3.59. The minimum Gasteiger partial charge on any atom is -0.458 e. The molecular formula is C26H31ClN2O4S2. The molecule has 0 N–H and O–H groups in total. The van der Waals surface area contributed by atoms with Gasteiger partial charge in [-0.2, -0.15) is 5.26 Å². The number of ether oxygens (including phenoxy) is 2. The number of carbonyl (C=O) groups is 1. The van der Waals surface area contributed by atoms with Gasteiger partial charge in [-0.1, -0.05) is 48.8 Å². The van der Waals surface area contributed by atoms with Crippen LogP contribution >= 0.6 is 23.4 Å². The molecule has 0 fully saturated rings. The van der Waals surface area contributed by atoms with Crippen molar-refractivity contribution in [3.05, 3.63) is 57.7 Å². The van der Waals surface area contributed by atoms with E-state index in [4.69, 9.17) is 21.1 Å². The number of esters is 1. The lowest BCUT2D eigenvalue weighted by atomic mass is 9.95. The summed E-state index contributed by atoms with van der Waals surface area (Å²) in [7, 11) is -1.10. The third kappa shape index (κ3) is 9.23. The third-order valence-electron chi connectivity index (χ3n) is 5.59. The number of aryl methyl sites for hydroxylation is 2. The second-order valence-electron chi connectivity index (χ2n) is 8.47. The van der Waals surface area contributed by atoms with Gasteiger partial charge in [0.1, 0.15) is 17.2 Å². The maximum absolute atomic E-state index is 12.7. The number of carbonyl (C=O) groups excluding carboxylic acids is 1. The summed E-state index contributed by atoms with van der Waals surface area (Å²) in [5.74, 6) is 0.389. The van der Waals surface area contributed by atoms with Gasteiger partial charge in [0.15, 0.2) is 0 Å². The van der Waals surface area contributed by atoms with Crippen LogP contribution in [0.5, 0.6) is 0 Å². The van der Waals surface area contributed by atoms with Gasteiger partial charge in [0, 0.05) is 27.3 Å². The molecular weight excluding hydrogens is 504 g/mol. The van der Waals surface area contributed by atoms with Crippen LogP contribution in [0.2, 0.25) is 5.02 Å². The first-order chi connectivity index (χ1) is 17.0. The van der Waals surface area contributed by atoms with Crippen LogP contribution in [0.25, 0.3) is 0 Å². The van der Waals surface area contributed by atoms with Gasteiger partial charge in [0.25, 0.3) is 0 Å². The molecule has 2 unspecified atom stereocenters. The summed E-state index contributed by atoms with van der Waals surface area (Å²) in [6.07, 6.45) is 5.24. The van der Waals surface area contributed by atoms with Crippen molar-refractivity contribution in [2.45, 2.75) is 63.2 Å². The largest absolute Gasteiger partial charge is 0.458 e. The number of hydrogen-bond acceptors (Lipinski definition) is 7. The van der Waals surface area contributed by atoms with Gasteiger partial charge in [-0.15, -0.1) is 0 Å². The van der Waals surface area contributed by atoms with Crippen molar-refractivity contribution < 1.29 is 18.5 Å². The van der Waals surface area contributed by atoms with Gasteiger partial charge < -0.3 is 9.47 Å². The predicted octanol–water partition coefficient (Wildman–Crippen LogP) is 5.25. The average Bonchev–Trinajstić information content (AvgIpc) is 2.86. The summed E-state index contributed by atoms with van der Waals surface area (Å²) >= 11 is 7.14. The minimum atomic E-state index is -1.10. The van der Waals surface area contributed by atoms with Crippen LogP contribution in [0.15, 0.2) is 35.4 Å². The Balaban J connectivity index is 1.57. The highest BCUT2D eigenvalue weighted by molar-refractivity contribution is 7.99. The summed E-state index contributed by atoms with van der Waals surface area (Å²) in [5, 5.41) is 10.7. The van der Waals surface area contributed by atoms with E-state index < -0.39 is 22.9 Å². The normalized spacial score (nSPS) is 14.5. The molecule has 9 heteroatoms. The molecule has 35 heavy (non-hydrogen) atoms. The number of benzene rings is 1. The summed E-state index contributed by atoms with van der Waals surface area (Å²) in [6, 6.07) is 11.4. The highest BCUT2D eigenvalue weighted by Gasteiger charge is 2.20. The van der Waals surface area contributed by atoms with Crippen LogP contribution in [0.1, 0.15) is 55.0 Å². The summed E-state index contributed by atoms with van der Waals surface area (Å²) in [4.78, 5) is 17.3. The van der Waals surface area contributed by atoms with Crippen molar-refractivity contribution in [3.63, 3.8) is 0 Å². The Morgan fingerprint density at radius 2 is 2.06 bits per heavy atom. The second-order valence-corrected chi connectivity index (χ2v) is 11.5. The molecule has 1 aliphatic carbocycles. The number of rotatable bonds is 13. The molecule has 1 heterocycles. The number of pyridine rings is 1. The van der Waals surface area contributed by atoms with Crippen LogP contribution in [0.3, 0.4) is 0 Å². The first kappa shape index (κ1) is 27.7. The number of unbranched alkanes of at least 4 members (excludes halogenated alkanes) is 1. The van der Waals surface area contributed by atoms with E-state index in [0.29, 0.717) is 28.0 Å². The Labute approximate surface area is 219 Å². The Bertz CT molecular complexity index is 1060. The number of nitrogens with zero attached hydrogens (tertiary/aromatic N) is 2. The van der Waals surface area contributed by atoms with Crippen LogP contribution in [-0.4, -0.2) is 45.1 Å². The Morgan fingerprint density at radius 1 is 1.29 bits per heavy atom. The zero-order valence-electron chi connectivity index (χ0n) is 20.0. The Hall–Kier alpha value is -1.92. The second kappa shape index (κ2) is 14.6. The first-order valence-electron chi connectivity index (χ1n) is 11.9. The summed E-state index contributed by atoms with van der Waals surface area (Å²) < 4.78 is 23.9. The molecule has 188 valence electrons. The lowest BCUT2D eigenvalue weighted by Gasteiger charge is -2.19. The molecule has 0 spiro atoms. The van der Waals surface area contributed by atoms with Crippen molar-refractivity contribution in [1.82, 2.24) is 4.98 Å². The molecule has 0 radical (unpaired) electrons. The van der Waals surface area contributed by atoms with Gasteiger partial charge in [0.05, 0.1) is 30.3 Å². The number of nitriles is 1. The van der Waals surface area contributed by atoms with Gasteiger partial charge >= 0.3 is 5.97 Å². The maximum atomic E-state index is 12.7. The fourth-order valence-corrected chi connectivity index (χ4v) is 5.99. The van der Waals surface area contributed by atoms with Gasteiger partial charge in [0.2, 0.25) is 0 Å². The van der Waals surface area contributed by atoms with E-state index >= 15 is 0 Å². The highest BCUT2D eigenvalue weighted by atomic mass is 35.5. The molecule has 0 bridgehead atoms. The standard InChI is InChI=1S/C26H31ClN2O4S2/c1-2-3-12-35(31)18-23(16-32-15-19-8-10-22(27)11-9-19)33-25(30)17-34-26-21(14-28)13-20-6-4-5-7-24(20)29-26/h8-11,13,23H,2-7,12,15-18H2,1H3. The molecule has 6 nitrogen and oxygen atoms in total. The molecule has 0 saturated carbocycles. The van der Waals surface area contributed by atoms with E-state index in [2.05, 4.69) is 11.1 Å². The monoisotopic (exact) mass is 534 g/mol. The Kier molecular flexibility index (Phi) is 11.5. The molecule has 2 atom stereocenters. The number of thioether (sulfide) groups is 1. The molecule has 1 aliphatic rings. The lowest BCUT2D eigenvalue weighted by Crippen LogP contribution is -2.30. The van der Waals surface area contributed by atoms with Gasteiger partial charge in [-0.05, 0) is 61.4 Å². The maximum Gasteiger partial charge on any atom is 0.316 e. The topological polar surface area (TPSA) is 89.3 Å². The van der Waals surface area contributed by atoms with E-state index in [-0.39, 0.29) is 18.1 Å². The zero-order valence-corrected chi connectivity index (χ0v) is 22.4. The van der Waals surface area contributed by atoms with Crippen molar-refractivity contribution in [1.29, 1.82) is 5.26 Å². The number of halogens is 1. The van der Waals surface area contributed by atoms with Crippen molar-refractivity contribution in [2.75, 3.05) is 23.9 Å². The molecule has 0 saturated heterocycles. The number of hydrogen-bond donors (Lipinski definition) is 0. The third-order valence-corrected chi connectivity index (χ3v) is 8.30. The predicted molar refractivity (Wildman–Crippen MR) is 140 cm³/mol. The number of aromatic nitrogens is 1. The summed E-state index contributed by atoms with van der Waals surface area (Å²) in [6.45, 7) is 2.54. The van der Waals surface area contributed by atoms with Gasteiger partial charge in [-0.3, -0.25) is 9.00 Å². The van der Waals surface area contributed by atoms with Crippen LogP contribution in [0.4, 0.5) is 0 Å². The average molecular weight is 535 g/mol. The van der Waals surface area contributed by atoms with E-state index in [9.17, 15) is 14.3 Å². The smallest absolute Gasteiger partial charge is 0.316 e. The molecule has 1 aromatic heterocycles. The SMILES string of the molecule is CCCCS(=O)CC(COCc1ccc(Cl)cc1)OC(=O)CSc1nc2c(cc1C#N)CCCC2. The fourth-order valence-electron chi connectivity index (χ4n) is 3.75. The Morgan fingerprint density at radius 3 is 2.80 bits per heavy atom. The van der Waals surface area contributed by atoms with E-state index in [1.165, 1.54) is 11.8 Å². The number of fused-ring (bicyclic) bond motifs is 1. The fraction of sp³-hybridized carbons (Fsp3) is 0.500. The van der Waals surface area contributed by atoms with Crippen LogP contribution < -0.4 is 0 Å². The first-order valence-corrected chi connectivity index (χ1v) is 14.8. The molecule has 1 aromatic carbocycles. The van der Waals surface area contributed by atoms with Crippen LogP contribution in [0, 0.1) is 11.3 Å². The quantitative estimate of drug-likeness (QED) is 0.256. The lowest BCUT2D eigenvalue weighted by molar-refractivity contribution is -0.147. The van der Waals surface area contributed by atoms with E-state index in [1.807, 2.05) is 25.1 Å².